The minimum Gasteiger partial charge on any atom is -0.456 e. The molecule has 2 heterocycles. The molecule has 0 saturated carbocycles. The van der Waals surface area contributed by atoms with E-state index >= 15 is 0 Å². The molecule has 2 aromatic heterocycles. The van der Waals surface area contributed by atoms with Crippen LogP contribution in [0.15, 0.2) is 132 Å². The minimum absolute atomic E-state index is 0.154. The highest BCUT2D eigenvalue weighted by Crippen LogP contribution is 2.53. The first-order chi connectivity index (χ1) is 20.1. The van der Waals surface area contributed by atoms with E-state index in [1.165, 1.54) is 71.6 Å². The summed E-state index contributed by atoms with van der Waals surface area (Å²) in [6.07, 6.45) is 0. The molecule has 0 amide bonds. The molecule has 6 aromatic carbocycles. The molecular weight excluding hydrogens is 498 g/mol. The first-order valence-electron chi connectivity index (χ1n) is 14.3. The summed E-state index contributed by atoms with van der Waals surface area (Å²) in [5.74, 6) is 0. The van der Waals surface area contributed by atoms with Crippen molar-refractivity contribution in [2.45, 2.75) is 19.3 Å². The van der Waals surface area contributed by atoms with Gasteiger partial charge in [-0.2, -0.15) is 0 Å². The van der Waals surface area contributed by atoms with E-state index < -0.39 is 0 Å². The van der Waals surface area contributed by atoms with E-state index in [0.29, 0.717) is 0 Å². The summed E-state index contributed by atoms with van der Waals surface area (Å²) >= 11 is 0. The SMILES string of the molecule is CC1(C)c2cc3oc4ccccc4c3cc2-c2cc3c4cc(-c5ccccc5)ccc4n(-c4ccccc4)c3cc21. The number of benzene rings is 6. The lowest BCUT2D eigenvalue weighted by atomic mass is 9.82. The number of nitrogens with zero attached hydrogens (tertiary/aromatic N) is 1. The van der Waals surface area contributed by atoms with Gasteiger partial charge in [0.1, 0.15) is 11.2 Å². The standard InChI is InChI=1S/C39H27NO/c1-39(2)33-22-36-31(20-28(33)29-21-32-27-15-9-10-16-37(27)41-38(32)23-34(29)39)30-19-25(24-11-5-3-6-12-24)17-18-35(30)40(36)26-13-7-4-8-14-26/h3-23H,1-2H3. The average molecular weight is 526 g/mol. The monoisotopic (exact) mass is 525 g/mol. The fourth-order valence-corrected chi connectivity index (χ4v) is 7.13. The van der Waals surface area contributed by atoms with Gasteiger partial charge in [-0.15, -0.1) is 0 Å². The molecule has 9 rings (SSSR count). The maximum atomic E-state index is 6.32. The van der Waals surface area contributed by atoms with Crippen molar-refractivity contribution in [1.29, 1.82) is 0 Å². The minimum atomic E-state index is -0.154. The molecule has 0 spiro atoms. The van der Waals surface area contributed by atoms with Gasteiger partial charge in [0.15, 0.2) is 0 Å². The Labute approximate surface area is 238 Å². The van der Waals surface area contributed by atoms with E-state index in [2.05, 4.69) is 140 Å². The zero-order chi connectivity index (χ0) is 27.3. The van der Waals surface area contributed by atoms with Crippen molar-refractivity contribution in [3.8, 4) is 27.9 Å². The molecule has 0 N–H and O–H groups in total. The molecule has 1 aliphatic carbocycles. The Morgan fingerprint density at radius 1 is 0.488 bits per heavy atom. The van der Waals surface area contributed by atoms with Gasteiger partial charge in [0.05, 0.1) is 11.0 Å². The van der Waals surface area contributed by atoms with Crippen LogP contribution in [0.4, 0.5) is 0 Å². The third-order valence-corrected chi connectivity index (χ3v) is 9.18. The van der Waals surface area contributed by atoms with Crippen LogP contribution in [0, 0.1) is 0 Å². The van der Waals surface area contributed by atoms with Crippen molar-refractivity contribution in [1.82, 2.24) is 4.57 Å². The van der Waals surface area contributed by atoms with Gasteiger partial charge in [-0.05, 0) is 88.0 Å². The lowest BCUT2D eigenvalue weighted by Crippen LogP contribution is -2.15. The Hall–Kier alpha value is -5.08. The van der Waals surface area contributed by atoms with E-state index in [1.54, 1.807) is 0 Å². The number of aromatic nitrogens is 1. The molecule has 0 unspecified atom stereocenters. The van der Waals surface area contributed by atoms with Crippen LogP contribution in [0.5, 0.6) is 0 Å². The smallest absolute Gasteiger partial charge is 0.135 e. The molecular formula is C39H27NO. The van der Waals surface area contributed by atoms with Crippen LogP contribution in [0.2, 0.25) is 0 Å². The third kappa shape index (κ3) is 3.08. The number of rotatable bonds is 2. The number of hydrogen-bond donors (Lipinski definition) is 0. The zero-order valence-electron chi connectivity index (χ0n) is 23.0. The van der Waals surface area contributed by atoms with Crippen LogP contribution in [0.1, 0.15) is 25.0 Å². The number of fused-ring (bicyclic) bond motifs is 9. The van der Waals surface area contributed by atoms with Crippen molar-refractivity contribution in [3.05, 3.63) is 139 Å². The van der Waals surface area contributed by atoms with Gasteiger partial charge in [-0.1, -0.05) is 86.6 Å². The maximum absolute atomic E-state index is 6.32. The highest BCUT2D eigenvalue weighted by Gasteiger charge is 2.37. The normalized spacial score (nSPS) is 13.8. The van der Waals surface area contributed by atoms with Crippen molar-refractivity contribution in [2.75, 3.05) is 0 Å². The molecule has 1 aliphatic rings. The van der Waals surface area contributed by atoms with Crippen LogP contribution in [0.3, 0.4) is 0 Å². The predicted octanol–water partition coefficient (Wildman–Crippen LogP) is 10.7. The Balaban J connectivity index is 1.38. The largest absolute Gasteiger partial charge is 0.456 e. The summed E-state index contributed by atoms with van der Waals surface area (Å²) in [4.78, 5) is 0. The Morgan fingerprint density at radius 3 is 1.95 bits per heavy atom. The van der Waals surface area contributed by atoms with Crippen LogP contribution >= 0.6 is 0 Å². The van der Waals surface area contributed by atoms with Gasteiger partial charge in [0, 0.05) is 32.6 Å². The predicted molar refractivity (Wildman–Crippen MR) is 171 cm³/mol. The van der Waals surface area contributed by atoms with Gasteiger partial charge in [-0.25, -0.2) is 0 Å². The van der Waals surface area contributed by atoms with Crippen LogP contribution in [-0.4, -0.2) is 4.57 Å². The second kappa shape index (κ2) is 7.99. The summed E-state index contributed by atoms with van der Waals surface area (Å²) in [6, 6.07) is 46.2. The molecule has 2 heteroatoms. The fraction of sp³-hybridized carbons (Fsp3) is 0.0769. The van der Waals surface area contributed by atoms with E-state index in [9.17, 15) is 0 Å². The number of para-hydroxylation sites is 2. The van der Waals surface area contributed by atoms with Gasteiger partial charge >= 0.3 is 0 Å². The average Bonchev–Trinajstić information content (AvgIpc) is 3.61. The molecule has 0 fully saturated rings. The topological polar surface area (TPSA) is 18.1 Å². The lowest BCUT2D eigenvalue weighted by Gasteiger charge is -2.21. The van der Waals surface area contributed by atoms with E-state index in [1.807, 2.05) is 6.07 Å². The first-order valence-corrected chi connectivity index (χ1v) is 14.3. The van der Waals surface area contributed by atoms with Gasteiger partial charge < -0.3 is 8.98 Å². The lowest BCUT2D eigenvalue weighted by molar-refractivity contribution is 0.647. The van der Waals surface area contributed by atoms with Gasteiger partial charge in [0.25, 0.3) is 0 Å². The fourth-order valence-electron chi connectivity index (χ4n) is 7.13. The number of furan rings is 1. The molecule has 194 valence electrons. The maximum Gasteiger partial charge on any atom is 0.135 e. The molecule has 0 bridgehead atoms. The second-order valence-corrected chi connectivity index (χ2v) is 11.8. The molecule has 0 saturated heterocycles. The summed E-state index contributed by atoms with van der Waals surface area (Å²) in [5.41, 5.74) is 13.2. The van der Waals surface area contributed by atoms with Crippen molar-refractivity contribution < 1.29 is 4.42 Å². The van der Waals surface area contributed by atoms with Gasteiger partial charge in [-0.3, -0.25) is 0 Å². The third-order valence-electron chi connectivity index (χ3n) is 9.18. The van der Waals surface area contributed by atoms with Crippen LogP contribution in [-0.2, 0) is 5.41 Å². The Morgan fingerprint density at radius 2 is 1.15 bits per heavy atom. The van der Waals surface area contributed by atoms with Crippen molar-refractivity contribution >= 4 is 43.7 Å². The zero-order valence-corrected chi connectivity index (χ0v) is 23.0. The summed E-state index contributed by atoms with van der Waals surface area (Å²) in [7, 11) is 0. The quantitative estimate of drug-likeness (QED) is 0.219. The Bertz CT molecular complexity index is 2320. The van der Waals surface area contributed by atoms with Crippen LogP contribution in [0.25, 0.3) is 71.7 Å². The Kier molecular flexibility index (Phi) is 4.42. The first kappa shape index (κ1) is 22.7. The molecule has 0 aliphatic heterocycles. The van der Waals surface area contributed by atoms with Gasteiger partial charge in [0.2, 0.25) is 0 Å². The highest BCUT2D eigenvalue weighted by atomic mass is 16.3. The van der Waals surface area contributed by atoms with E-state index in [-0.39, 0.29) is 5.41 Å². The summed E-state index contributed by atoms with van der Waals surface area (Å²) < 4.78 is 8.75. The van der Waals surface area contributed by atoms with E-state index in [4.69, 9.17) is 4.42 Å². The summed E-state index contributed by atoms with van der Waals surface area (Å²) in [6.45, 7) is 4.70. The second-order valence-electron chi connectivity index (χ2n) is 11.8. The summed E-state index contributed by atoms with van der Waals surface area (Å²) in [5, 5.41) is 4.90. The van der Waals surface area contributed by atoms with Crippen molar-refractivity contribution in [3.63, 3.8) is 0 Å². The van der Waals surface area contributed by atoms with Crippen LogP contribution < -0.4 is 0 Å². The number of hydrogen-bond acceptors (Lipinski definition) is 1. The molecule has 0 radical (unpaired) electrons. The molecule has 41 heavy (non-hydrogen) atoms. The van der Waals surface area contributed by atoms with Crippen molar-refractivity contribution in [2.24, 2.45) is 0 Å². The molecule has 2 nitrogen and oxygen atoms in total. The molecule has 0 atom stereocenters. The molecule has 8 aromatic rings. The highest BCUT2D eigenvalue weighted by molar-refractivity contribution is 6.14. The van der Waals surface area contributed by atoms with E-state index in [0.717, 1.165) is 11.2 Å².